The first kappa shape index (κ1) is 24.1. The van der Waals surface area contributed by atoms with Gasteiger partial charge in [-0.25, -0.2) is 4.99 Å². The summed E-state index contributed by atoms with van der Waals surface area (Å²) in [5, 5.41) is 3.50. The maximum atomic E-state index is 12.1. The van der Waals surface area contributed by atoms with E-state index in [9.17, 15) is 4.79 Å². The number of morpholine rings is 1. The van der Waals surface area contributed by atoms with Crippen LogP contribution in [0.5, 0.6) is 5.75 Å². The molecular formula is C23H38N6O3. The van der Waals surface area contributed by atoms with Crippen molar-refractivity contribution in [3.05, 3.63) is 24.3 Å². The number of ether oxygens (including phenoxy) is 2. The van der Waals surface area contributed by atoms with Crippen LogP contribution in [0.15, 0.2) is 29.3 Å². The quantitative estimate of drug-likeness (QED) is 0.356. The second-order valence-corrected chi connectivity index (χ2v) is 8.31. The predicted octanol–water partition coefficient (Wildman–Crippen LogP) is 0.573. The van der Waals surface area contributed by atoms with Crippen molar-refractivity contribution in [2.45, 2.75) is 6.42 Å². The van der Waals surface area contributed by atoms with Crippen LogP contribution in [0.2, 0.25) is 0 Å². The number of likely N-dealkylation sites (N-methyl/N-ethyl adjacent to an activating group) is 1. The Labute approximate surface area is 191 Å². The van der Waals surface area contributed by atoms with E-state index in [2.05, 4.69) is 31.1 Å². The first-order valence-corrected chi connectivity index (χ1v) is 11.5. The fourth-order valence-electron chi connectivity index (χ4n) is 3.93. The third-order valence-electron chi connectivity index (χ3n) is 5.91. The molecule has 0 atom stereocenters. The smallest absolute Gasteiger partial charge is 0.243 e. The number of piperazine rings is 1. The SMILES string of the molecule is COc1ccccc1N1CCN(C(=NCC(=O)N(C)C)NCCCN2CCOCC2)CC1. The van der Waals surface area contributed by atoms with Gasteiger partial charge in [-0.05, 0) is 25.1 Å². The molecule has 2 aliphatic heterocycles. The molecule has 1 amide bonds. The highest BCUT2D eigenvalue weighted by atomic mass is 16.5. The number of amides is 1. The summed E-state index contributed by atoms with van der Waals surface area (Å²) in [4.78, 5) is 25.4. The molecule has 2 aliphatic rings. The van der Waals surface area contributed by atoms with Gasteiger partial charge in [-0.3, -0.25) is 9.69 Å². The third-order valence-corrected chi connectivity index (χ3v) is 5.91. The van der Waals surface area contributed by atoms with Crippen LogP contribution in [0.3, 0.4) is 0 Å². The van der Waals surface area contributed by atoms with Gasteiger partial charge in [0.25, 0.3) is 0 Å². The molecule has 2 fully saturated rings. The van der Waals surface area contributed by atoms with E-state index < -0.39 is 0 Å². The lowest BCUT2D eigenvalue weighted by Gasteiger charge is -2.38. The number of carbonyl (C=O) groups excluding carboxylic acids is 1. The van der Waals surface area contributed by atoms with E-state index in [-0.39, 0.29) is 12.5 Å². The number of hydrogen-bond donors (Lipinski definition) is 1. The molecule has 0 bridgehead atoms. The number of hydrogen-bond acceptors (Lipinski definition) is 6. The van der Waals surface area contributed by atoms with Crippen LogP contribution in [0.25, 0.3) is 0 Å². The molecule has 0 radical (unpaired) electrons. The molecule has 9 nitrogen and oxygen atoms in total. The lowest BCUT2D eigenvalue weighted by molar-refractivity contribution is -0.127. The molecule has 1 aromatic carbocycles. The summed E-state index contributed by atoms with van der Waals surface area (Å²) in [5.74, 6) is 1.72. The molecule has 9 heteroatoms. The third kappa shape index (κ3) is 7.00. The van der Waals surface area contributed by atoms with Gasteiger partial charge in [0.15, 0.2) is 5.96 Å². The summed E-state index contributed by atoms with van der Waals surface area (Å²) < 4.78 is 11.0. The van der Waals surface area contributed by atoms with Crippen LogP contribution in [0.4, 0.5) is 5.69 Å². The lowest BCUT2D eigenvalue weighted by atomic mass is 10.2. The Morgan fingerprint density at radius 3 is 2.53 bits per heavy atom. The van der Waals surface area contributed by atoms with Gasteiger partial charge in [0.1, 0.15) is 12.3 Å². The normalized spacial score (nSPS) is 17.9. The van der Waals surface area contributed by atoms with Gasteiger partial charge >= 0.3 is 0 Å². The molecule has 3 rings (SSSR count). The molecule has 0 unspecified atom stereocenters. The number of rotatable bonds is 8. The van der Waals surface area contributed by atoms with Gasteiger partial charge in [-0.2, -0.15) is 0 Å². The standard InChI is InChI=1S/C23H38N6O3/c1-26(2)22(30)19-25-23(24-9-6-10-27-15-17-32-18-16-27)29-13-11-28(12-14-29)20-7-4-5-8-21(20)31-3/h4-5,7-8H,6,9-19H2,1-3H3,(H,24,25). The highest BCUT2D eigenvalue weighted by molar-refractivity contribution is 5.85. The maximum Gasteiger partial charge on any atom is 0.243 e. The number of carbonyl (C=O) groups is 1. The van der Waals surface area contributed by atoms with Crippen molar-refractivity contribution in [2.24, 2.45) is 4.99 Å². The maximum absolute atomic E-state index is 12.1. The first-order valence-electron chi connectivity index (χ1n) is 11.5. The number of para-hydroxylation sites is 2. The summed E-state index contributed by atoms with van der Waals surface area (Å²) in [5.41, 5.74) is 1.12. The molecular weight excluding hydrogens is 408 g/mol. The average Bonchev–Trinajstić information content (AvgIpc) is 2.84. The Hall–Kier alpha value is -2.52. The Kier molecular flexibility index (Phi) is 9.43. The van der Waals surface area contributed by atoms with Gasteiger partial charge in [0, 0.05) is 59.9 Å². The minimum Gasteiger partial charge on any atom is -0.495 e. The van der Waals surface area contributed by atoms with E-state index in [0.717, 1.165) is 89.4 Å². The number of nitrogens with one attached hydrogen (secondary N) is 1. The second-order valence-electron chi connectivity index (χ2n) is 8.31. The van der Waals surface area contributed by atoms with Crippen molar-refractivity contribution < 1.29 is 14.3 Å². The molecule has 1 N–H and O–H groups in total. The van der Waals surface area contributed by atoms with Crippen LogP contribution in [-0.4, -0.2) is 120 Å². The van der Waals surface area contributed by atoms with Gasteiger partial charge in [-0.1, -0.05) is 12.1 Å². The summed E-state index contributed by atoms with van der Waals surface area (Å²) >= 11 is 0. The summed E-state index contributed by atoms with van der Waals surface area (Å²) in [7, 11) is 5.24. The van der Waals surface area contributed by atoms with E-state index in [1.165, 1.54) is 0 Å². The van der Waals surface area contributed by atoms with E-state index in [1.807, 2.05) is 18.2 Å². The van der Waals surface area contributed by atoms with Gasteiger partial charge in [-0.15, -0.1) is 0 Å². The Bertz CT molecular complexity index is 743. The lowest BCUT2D eigenvalue weighted by Crippen LogP contribution is -2.53. The molecule has 32 heavy (non-hydrogen) atoms. The topological polar surface area (TPSA) is 72.9 Å². The number of methoxy groups -OCH3 is 1. The fourth-order valence-corrected chi connectivity index (χ4v) is 3.93. The van der Waals surface area contributed by atoms with Crippen LogP contribution in [0.1, 0.15) is 6.42 Å². The number of aliphatic imine (C=N–C) groups is 1. The molecule has 0 aromatic heterocycles. The van der Waals surface area contributed by atoms with E-state index in [4.69, 9.17) is 9.47 Å². The van der Waals surface area contributed by atoms with Crippen LogP contribution >= 0.6 is 0 Å². The van der Waals surface area contributed by atoms with Crippen LogP contribution in [-0.2, 0) is 9.53 Å². The largest absolute Gasteiger partial charge is 0.495 e. The van der Waals surface area contributed by atoms with Gasteiger partial charge < -0.3 is 29.5 Å². The molecule has 178 valence electrons. The number of anilines is 1. The van der Waals surface area contributed by atoms with Crippen molar-refractivity contribution in [1.29, 1.82) is 0 Å². The average molecular weight is 447 g/mol. The van der Waals surface area contributed by atoms with Gasteiger partial charge in [0.05, 0.1) is 26.0 Å². The van der Waals surface area contributed by atoms with Crippen molar-refractivity contribution >= 4 is 17.6 Å². The van der Waals surface area contributed by atoms with Gasteiger partial charge in [0.2, 0.25) is 5.91 Å². The zero-order chi connectivity index (χ0) is 22.8. The van der Waals surface area contributed by atoms with E-state index >= 15 is 0 Å². The number of guanidine groups is 1. The Balaban J connectivity index is 1.55. The highest BCUT2D eigenvalue weighted by Crippen LogP contribution is 2.28. The van der Waals surface area contributed by atoms with Crippen LogP contribution < -0.4 is 15.0 Å². The minimum absolute atomic E-state index is 0.00488. The zero-order valence-electron chi connectivity index (χ0n) is 19.8. The van der Waals surface area contributed by atoms with Crippen molar-refractivity contribution in [2.75, 3.05) is 98.2 Å². The van der Waals surface area contributed by atoms with E-state index in [1.54, 1.807) is 26.1 Å². The molecule has 0 aliphatic carbocycles. The summed E-state index contributed by atoms with van der Waals surface area (Å²) in [6.07, 6.45) is 1.03. The van der Waals surface area contributed by atoms with E-state index in [0.29, 0.717) is 0 Å². The highest BCUT2D eigenvalue weighted by Gasteiger charge is 2.22. The molecule has 2 heterocycles. The number of nitrogens with zero attached hydrogens (tertiary/aromatic N) is 5. The first-order chi connectivity index (χ1) is 15.6. The molecule has 0 saturated carbocycles. The van der Waals surface area contributed by atoms with Crippen molar-refractivity contribution in [1.82, 2.24) is 20.0 Å². The predicted molar refractivity (Wildman–Crippen MR) is 128 cm³/mol. The zero-order valence-corrected chi connectivity index (χ0v) is 19.8. The van der Waals surface area contributed by atoms with Crippen molar-refractivity contribution in [3.8, 4) is 5.75 Å². The Morgan fingerprint density at radius 1 is 1.12 bits per heavy atom. The minimum atomic E-state index is 0.00488. The second kappa shape index (κ2) is 12.5. The molecule has 1 aromatic rings. The fraction of sp³-hybridized carbons (Fsp3) is 0.652. The Morgan fingerprint density at radius 2 is 1.84 bits per heavy atom. The van der Waals surface area contributed by atoms with Crippen LogP contribution in [0, 0.1) is 0 Å². The number of benzene rings is 1. The molecule has 0 spiro atoms. The monoisotopic (exact) mass is 446 g/mol. The summed E-state index contributed by atoms with van der Waals surface area (Å²) in [6.45, 7) is 9.10. The van der Waals surface area contributed by atoms with Crippen molar-refractivity contribution in [3.63, 3.8) is 0 Å². The molecule has 2 saturated heterocycles. The summed E-state index contributed by atoms with van der Waals surface area (Å²) in [6, 6.07) is 8.13.